The summed E-state index contributed by atoms with van der Waals surface area (Å²) >= 11 is 0. The molecule has 0 bridgehead atoms. The Labute approximate surface area is 769 Å². The Morgan fingerprint density at radius 1 is 0.374 bits per heavy atom. The number of morpholine rings is 4. The van der Waals surface area contributed by atoms with Crippen LogP contribution >= 0.6 is 0 Å². The highest BCUT2D eigenvalue weighted by atomic mass is 16.5. The van der Waals surface area contributed by atoms with Crippen LogP contribution in [0.15, 0.2) is 197 Å². The zero-order valence-electron chi connectivity index (χ0n) is 76.0. The van der Waals surface area contributed by atoms with Crippen LogP contribution < -0.4 is 5.69 Å². The minimum Gasteiger partial charge on any atom is -0.478 e. The highest BCUT2D eigenvalue weighted by molar-refractivity contribution is 5.94. The number of carboxylic acids is 3. The van der Waals surface area contributed by atoms with Crippen molar-refractivity contribution in [3.8, 4) is 56.0 Å². The lowest BCUT2D eigenvalue weighted by Crippen LogP contribution is -2.41. The molecule has 4 aliphatic heterocycles. The molecule has 0 atom stereocenters. The molecule has 688 valence electrons. The van der Waals surface area contributed by atoms with Crippen molar-refractivity contribution in [2.75, 3.05) is 105 Å². The van der Waals surface area contributed by atoms with Gasteiger partial charge >= 0.3 is 23.6 Å². The highest BCUT2D eigenvalue weighted by Crippen LogP contribution is 2.47. The molecule has 8 aliphatic rings. The first-order valence-corrected chi connectivity index (χ1v) is 47.5. The molecule has 9 aromatic rings. The minimum absolute atomic E-state index is 0.0886. The third kappa shape index (κ3) is 26.3. The van der Waals surface area contributed by atoms with Gasteiger partial charge in [-0.05, 0) is 224 Å². The molecule has 0 spiro atoms. The van der Waals surface area contributed by atoms with Crippen molar-refractivity contribution in [3.63, 3.8) is 0 Å². The Morgan fingerprint density at radius 3 is 1.01 bits per heavy atom. The number of ether oxygens (including phenoxy) is 4. The summed E-state index contributed by atoms with van der Waals surface area (Å²) < 4.78 is 27.0. The van der Waals surface area contributed by atoms with Crippen LogP contribution in [-0.2, 0) is 78.2 Å². The number of amides is 4. The molecular weight excluding hydrogens is 1650 g/mol. The van der Waals surface area contributed by atoms with Gasteiger partial charge in [-0.25, -0.2) is 19.2 Å². The van der Waals surface area contributed by atoms with Crippen molar-refractivity contribution in [1.29, 1.82) is 0 Å². The predicted molar refractivity (Wildman–Crippen MR) is 511 cm³/mol. The van der Waals surface area contributed by atoms with Crippen LogP contribution in [0, 0.1) is 0 Å². The van der Waals surface area contributed by atoms with Gasteiger partial charge in [-0.1, -0.05) is 235 Å². The maximum Gasteiger partial charge on any atom is 0.377 e. The second-order valence-corrected chi connectivity index (χ2v) is 35.9. The van der Waals surface area contributed by atoms with Crippen molar-refractivity contribution in [3.05, 3.63) is 259 Å². The van der Waals surface area contributed by atoms with Gasteiger partial charge in [0.25, 0.3) is 5.89 Å². The number of allylic oxidation sites excluding steroid dienone is 1. The molecular formula is C109H126N6O16. The second-order valence-electron chi connectivity index (χ2n) is 35.9. The molecule has 4 aliphatic carbocycles. The first kappa shape index (κ1) is 95.1. The van der Waals surface area contributed by atoms with E-state index in [1.807, 2.05) is 124 Å². The van der Waals surface area contributed by atoms with Gasteiger partial charge in [-0.2, -0.15) is 10.1 Å². The maximum absolute atomic E-state index is 13.3. The summed E-state index contributed by atoms with van der Waals surface area (Å²) in [5.41, 5.74) is 21.7. The fourth-order valence-corrected chi connectivity index (χ4v) is 20.3. The number of carbonyl (C=O) groups excluding carboxylic acids is 4. The van der Waals surface area contributed by atoms with E-state index in [9.17, 15) is 48.6 Å². The van der Waals surface area contributed by atoms with E-state index in [2.05, 4.69) is 82.9 Å². The Bertz CT molecular complexity index is 5520. The second kappa shape index (κ2) is 47.7. The number of nitrogens with one attached hydrogen (secondary N) is 1. The Morgan fingerprint density at radius 2 is 0.687 bits per heavy atom. The van der Waals surface area contributed by atoms with Crippen molar-refractivity contribution in [2.24, 2.45) is 0 Å². The summed E-state index contributed by atoms with van der Waals surface area (Å²) in [5.74, 6) is -0.538. The average Bonchev–Trinajstić information content (AvgIpc) is 1.37. The van der Waals surface area contributed by atoms with Crippen LogP contribution in [0.2, 0.25) is 0 Å². The molecule has 17 rings (SSSR count). The van der Waals surface area contributed by atoms with E-state index in [0.717, 1.165) is 140 Å². The van der Waals surface area contributed by atoms with E-state index < -0.39 is 23.6 Å². The molecule has 8 aromatic carbocycles. The first-order valence-electron chi connectivity index (χ1n) is 47.5. The number of aliphatic carboxylic acids is 3. The van der Waals surface area contributed by atoms with Gasteiger partial charge in [0, 0.05) is 75.6 Å². The van der Waals surface area contributed by atoms with E-state index >= 15 is 0 Å². The Hall–Kier alpha value is -12.0. The van der Waals surface area contributed by atoms with Crippen LogP contribution in [0.3, 0.4) is 0 Å². The highest BCUT2D eigenvalue weighted by Gasteiger charge is 2.33. The zero-order chi connectivity index (χ0) is 91.4. The Balaban J connectivity index is 0.000000141. The minimum atomic E-state index is -0.970. The lowest BCUT2D eigenvalue weighted by molar-refractivity contribution is -0.135. The smallest absolute Gasteiger partial charge is 0.377 e. The van der Waals surface area contributed by atoms with E-state index in [-0.39, 0.29) is 35.9 Å². The number of aromatic nitrogens is 2. The normalized spacial score (nSPS) is 17.6. The number of nitrogens with zero attached hydrogens (tertiary/aromatic N) is 5. The molecule has 1 aromatic heterocycles. The molecule has 22 nitrogen and oxygen atoms in total. The number of benzene rings is 8. The molecule has 4 N–H and O–H groups in total. The quantitative estimate of drug-likeness (QED) is 0.0433. The molecule has 5 heterocycles. The molecule has 8 fully saturated rings. The topological polar surface area (TPSA) is 289 Å². The van der Waals surface area contributed by atoms with Crippen LogP contribution in [-0.4, -0.2) is 192 Å². The molecule has 4 saturated carbocycles. The lowest BCUT2D eigenvalue weighted by Gasteiger charge is -2.29. The van der Waals surface area contributed by atoms with Crippen molar-refractivity contribution < 1.29 is 72.4 Å². The summed E-state index contributed by atoms with van der Waals surface area (Å²) in [7, 11) is 0. The molecule has 22 heteroatoms. The predicted octanol–water partition coefficient (Wildman–Crippen LogP) is 19.6. The number of carbonyl (C=O) groups is 7. The van der Waals surface area contributed by atoms with Crippen LogP contribution in [0.4, 0.5) is 0 Å². The summed E-state index contributed by atoms with van der Waals surface area (Å²) in [6, 6.07) is 57.8. The number of H-pyrrole nitrogens is 1. The van der Waals surface area contributed by atoms with E-state index in [0.29, 0.717) is 159 Å². The lowest BCUT2D eigenvalue weighted by atomic mass is 9.77. The van der Waals surface area contributed by atoms with Gasteiger partial charge in [0.15, 0.2) is 0 Å². The van der Waals surface area contributed by atoms with E-state index in [4.69, 9.17) is 28.6 Å². The number of aromatic amines is 1. The van der Waals surface area contributed by atoms with Crippen molar-refractivity contribution >= 4 is 59.3 Å². The van der Waals surface area contributed by atoms with Crippen molar-refractivity contribution in [1.82, 2.24) is 29.7 Å². The van der Waals surface area contributed by atoms with Crippen LogP contribution in [0.1, 0.15) is 227 Å². The van der Waals surface area contributed by atoms with Gasteiger partial charge in [0.2, 0.25) is 23.6 Å². The zero-order valence-corrected chi connectivity index (χ0v) is 76.0. The third-order valence-electron chi connectivity index (χ3n) is 26.9. The summed E-state index contributed by atoms with van der Waals surface area (Å²) in [4.78, 5) is 110. The van der Waals surface area contributed by atoms with Gasteiger partial charge in [-0.15, -0.1) is 0 Å². The summed E-state index contributed by atoms with van der Waals surface area (Å²) in [5, 5.41) is 30.2. The Kier molecular flexibility index (Phi) is 34.7. The van der Waals surface area contributed by atoms with Gasteiger partial charge in [0.05, 0.1) is 78.5 Å². The first-order chi connectivity index (χ1) is 63.9. The number of hydrogen-bond acceptors (Lipinski definition) is 14. The van der Waals surface area contributed by atoms with E-state index in [1.165, 1.54) is 111 Å². The molecule has 4 saturated heterocycles. The van der Waals surface area contributed by atoms with Gasteiger partial charge < -0.3 is 58.4 Å². The van der Waals surface area contributed by atoms with Crippen LogP contribution in [0.5, 0.6) is 0 Å². The molecule has 4 amide bonds. The fourth-order valence-electron chi connectivity index (χ4n) is 20.3. The molecule has 0 unspecified atom stereocenters. The number of rotatable bonds is 23. The average molecular weight is 1780 g/mol. The standard InChI is InChI=1S/2C28H33NO4.C27H31NO4.C26H29N3O4/c1-20(28(31)32)16-21-17-24(19-26(30)29-12-14-33-15-13-29)27(23-10-6-3-7-11-23)25(18-21)22-8-4-2-5-9-22;1-20(16-27(31)32)23-17-24(19-26(30)29-12-14-33-15-13-29)28(22-10-6-3-7-11-22)25(18-23)21-8-4-2-5-9-21;29-25(28-13-15-32-16-14-28)19-23-17-20(11-12-26(30)31)18-24(21-7-3-1-4-8-21)27(23)22-9-5-2-6-10-22;30-23(29-11-13-32-14-12-29)17-20-15-21(25-27-26(31)28-33-25)16-22(18-7-3-1-4-8-18)24(20)19-9-5-2-6-10-19/h3,6-7,10-11,16-18,22H,2,4-5,8-9,12-15,19H2,1H3,(H,31,32);3,6-7,10-11,16-18,21H,2,4-5,8-9,12-15,19H2,1H3,(H,31,32);2,5-6,9-12,17-18,21H,1,3-4,7-8,13-16,19H2,(H,30,31);2,5-6,9-10,15-16,18H,1,3-4,7-8,11-14,17H2,(H,28,31)/b2*20-16+;12-11+;. The fraction of sp³-hybridized carbons (Fsp3) is 0.422. The SMILES string of the molecule is C/C(=C\C(=O)O)c1cc(CC(=O)N2CCOCC2)c(-c2ccccc2)c(C2CCCCC2)c1.C/C(=C\c1cc(CC(=O)N2CCOCC2)c(-c2ccccc2)c(C2CCCCC2)c1)C(=O)O.O=C(Cc1cc(-c2nc(=O)[nH]o2)cc(C2CCCCC2)c1-c1ccccc1)N1CCOCC1.O=C(O)/C=C/c1cc(CC(=O)N2CCOCC2)c(-c2ccccc2)c(C2CCCCC2)c1. The third-order valence-corrected chi connectivity index (χ3v) is 26.9. The van der Waals surface area contributed by atoms with Crippen molar-refractivity contribution in [2.45, 2.75) is 192 Å². The van der Waals surface area contributed by atoms with Crippen LogP contribution in [0.25, 0.3) is 73.7 Å². The van der Waals surface area contributed by atoms with Gasteiger partial charge in [-0.3, -0.25) is 19.2 Å². The summed E-state index contributed by atoms with van der Waals surface area (Å²) in [6.07, 6.45) is 30.7. The largest absolute Gasteiger partial charge is 0.478 e. The summed E-state index contributed by atoms with van der Waals surface area (Å²) in [6.45, 7) is 13.0. The maximum atomic E-state index is 13.3. The molecule has 0 radical (unpaired) electrons. The molecule has 131 heavy (non-hydrogen) atoms. The van der Waals surface area contributed by atoms with E-state index in [1.54, 1.807) is 19.1 Å². The number of hydrogen-bond donors (Lipinski definition) is 4. The monoisotopic (exact) mass is 1770 g/mol. The van der Waals surface area contributed by atoms with Gasteiger partial charge in [0.1, 0.15) is 0 Å². The number of carboxylic acid groups (broad SMARTS) is 3.